The summed E-state index contributed by atoms with van der Waals surface area (Å²) in [5.41, 5.74) is 0.420. The van der Waals surface area contributed by atoms with E-state index in [4.69, 9.17) is 9.63 Å². The van der Waals surface area contributed by atoms with Gasteiger partial charge in [-0.1, -0.05) is 5.16 Å². The Morgan fingerprint density at radius 3 is 2.89 bits per heavy atom. The number of aromatic amines is 1. The molecule has 0 saturated heterocycles. The fourth-order valence-electron chi connectivity index (χ4n) is 1.32. The maximum absolute atomic E-state index is 11.8. The predicted molar refractivity (Wildman–Crippen MR) is 59.8 cm³/mol. The van der Waals surface area contributed by atoms with Crippen LogP contribution < -0.4 is 4.72 Å². The summed E-state index contributed by atoms with van der Waals surface area (Å²) in [7, 11) is -3.66. The number of sulfonamides is 1. The molecule has 0 fully saturated rings. The highest BCUT2D eigenvalue weighted by Crippen LogP contribution is 2.11. The Bertz CT molecular complexity index is 631. The van der Waals surface area contributed by atoms with Gasteiger partial charge in [-0.2, -0.15) is 4.98 Å². The zero-order valence-electron chi connectivity index (χ0n) is 9.54. The van der Waals surface area contributed by atoms with Crippen LogP contribution in [0.5, 0.6) is 0 Å². The van der Waals surface area contributed by atoms with Crippen LogP contribution in [0, 0.1) is 6.92 Å². The minimum Gasteiger partial charge on any atom is -0.390 e. The van der Waals surface area contributed by atoms with Gasteiger partial charge in [0.15, 0.2) is 5.82 Å². The standard InChI is InChI=1S/C9H12N4O4S/c1-6-12-9(17-13-6)4-11-18(15,16)8-2-7(5-14)10-3-8/h2-3,10-11,14H,4-5H2,1H3. The molecule has 2 aromatic rings. The second kappa shape index (κ2) is 4.88. The van der Waals surface area contributed by atoms with Crippen LogP contribution in [0.15, 0.2) is 21.7 Å². The van der Waals surface area contributed by atoms with Crippen LogP contribution in [-0.2, 0) is 23.2 Å². The maximum atomic E-state index is 11.8. The Morgan fingerprint density at radius 1 is 1.56 bits per heavy atom. The van der Waals surface area contributed by atoms with Gasteiger partial charge < -0.3 is 14.6 Å². The van der Waals surface area contributed by atoms with Gasteiger partial charge in [-0.3, -0.25) is 0 Å². The summed E-state index contributed by atoms with van der Waals surface area (Å²) < 4.78 is 30.8. The highest BCUT2D eigenvalue weighted by atomic mass is 32.2. The van der Waals surface area contributed by atoms with E-state index in [2.05, 4.69) is 19.8 Å². The second-order valence-electron chi connectivity index (χ2n) is 3.58. The van der Waals surface area contributed by atoms with Crippen LogP contribution in [0.25, 0.3) is 0 Å². The Morgan fingerprint density at radius 2 is 2.33 bits per heavy atom. The summed E-state index contributed by atoms with van der Waals surface area (Å²) in [6, 6.07) is 1.35. The molecule has 0 atom stereocenters. The number of aliphatic hydroxyl groups excluding tert-OH is 1. The van der Waals surface area contributed by atoms with Crippen molar-refractivity contribution in [1.82, 2.24) is 19.8 Å². The van der Waals surface area contributed by atoms with Gasteiger partial charge >= 0.3 is 0 Å². The molecular formula is C9H12N4O4S. The lowest BCUT2D eigenvalue weighted by Crippen LogP contribution is -2.23. The Labute approximate surface area is 103 Å². The summed E-state index contributed by atoms with van der Waals surface area (Å²) in [4.78, 5) is 6.56. The molecular weight excluding hydrogens is 260 g/mol. The molecule has 0 aliphatic carbocycles. The average molecular weight is 272 g/mol. The first-order valence-corrected chi connectivity index (χ1v) is 6.56. The molecule has 0 spiro atoms. The number of aliphatic hydroxyl groups is 1. The van der Waals surface area contributed by atoms with Gasteiger partial charge in [0.25, 0.3) is 0 Å². The zero-order chi connectivity index (χ0) is 13.2. The molecule has 0 unspecified atom stereocenters. The van der Waals surface area contributed by atoms with Crippen molar-refractivity contribution in [2.24, 2.45) is 0 Å². The molecule has 2 rings (SSSR count). The molecule has 8 nitrogen and oxygen atoms in total. The van der Waals surface area contributed by atoms with E-state index in [0.29, 0.717) is 11.5 Å². The summed E-state index contributed by atoms with van der Waals surface area (Å²) in [6.45, 7) is 1.31. The van der Waals surface area contributed by atoms with Gasteiger partial charge in [0.05, 0.1) is 18.0 Å². The number of nitrogens with one attached hydrogen (secondary N) is 2. The average Bonchev–Trinajstić information content (AvgIpc) is 2.95. The molecule has 9 heteroatoms. The monoisotopic (exact) mass is 272 g/mol. The van der Waals surface area contributed by atoms with Crippen molar-refractivity contribution in [3.8, 4) is 0 Å². The molecule has 0 radical (unpaired) electrons. The van der Waals surface area contributed by atoms with E-state index in [-0.39, 0.29) is 23.9 Å². The Kier molecular flexibility index (Phi) is 3.45. The smallest absolute Gasteiger partial charge is 0.242 e. The van der Waals surface area contributed by atoms with Gasteiger partial charge in [-0.05, 0) is 13.0 Å². The first kappa shape index (κ1) is 12.7. The third kappa shape index (κ3) is 2.75. The van der Waals surface area contributed by atoms with Crippen LogP contribution >= 0.6 is 0 Å². The number of hydrogen-bond donors (Lipinski definition) is 3. The van der Waals surface area contributed by atoms with Crippen LogP contribution in [0.3, 0.4) is 0 Å². The molecule has 0 saturated carbocycles. The first-order chi connectivity index (χ1) is 8.51. The van der Waals surface area contributed by atoms with Crippen LogP contribution in [0.1, 0.15) is 17.4 Å². The van der Waals surface area contributed by atoms with Crippen molar-refractivity contribution in [2.75, 3.05) is 0 Å². The lowest BCUT2D eigenvalue weighted by atomic mass is 10.5. The van der Waals surface area contributed by atoms with Crippen LogP contribution in [-0.4, -0.2) is 28.6 Å². The highest BCUT2D eigenvalue weighted by molar-refractivity contribution is 7.89. The van der Waals surface area contributed by atoms with E-state index in [1.54, 1.807) is 6.92 Å². The molecule has 3 N–H and O–H groups in total. The van der Waals surface area contributed by atoms with E-state index in [1.807, 2.05) is 0 Å². The summed E-state index contributed by atoms with van der Waals surface area (Å²) in [6.07, 6.45) is 1.30. The van der Waals surface area contributed by atoms with Crippen LogP contribution in [0.4, 0.5) is 0 Å². The molecule has 0 aliphatic rings. The van der Waals surface area contributed by atoms with Crippen molar-refractivity contribution >= 4 is 10.0 Å². The first-order valence-electron chi connectivity index (χ1n) is 5.08. The largest absolute Gasteiger partial charge is 0.390 e. The Balaban J connectivity index is 2.07. The number of rotatable bonds is 5. The molecule has 0 aromatic carbocycles. The second-order valence-corrected chi connectivity index (χ2v) is 5.35. The van der Waals surface area contributed by atoms with Crippen molar-refractivity contribution in [1.29, 1.82) is 0 Å². The lowest BCUT2D eigenvalue weighted by Gasteiger charge is -2.00. The summed E-state index contributed by atoms with van der Waals surface area (Å²) in [5, 5.41) is 12.4. The van der Waals surface area contributed by atoms with Crippen molar-refractivity contribution in [2.45, 2.75) is 25.0 Å². The normalized spacial score (nSPS) is 11.9. The third-order valence-electron chi connectivity index (χ3n) is 2.18. The molecule has 0 aliphatic heterocycles. The van der Waals surface area contributed by atoms with Gasteiger partial charge in [0.2, 0.25) is 15.9 Å². The maximum Gasteiger partial charge on any atom is 0.242 e. The predicted octanol–water partition coefficient (Wildman–Crippen LogP) is -0.323. The third-order valence-corrected chi connectivity index (χ3v) is 3.56. The Hall–Kier alpha value is -1.71. The van der Waals surface area contributed by atoms with Crippen LogP contribution in [0.2, 0.25) is 0 Å². The van der Waals surface area contributed by atoms with Crippen molar-refractivity contribution in [3.05, 3.63) is 29.7 Å². The van der Waals surface area contributed by atoms with E-state index in [0.717, 1.165) is 0 Å². The number of hydrogen-bond acceptors (Lipinski definition) is 6. The van der Waals surface area contributed by atoms with E-state index < -0.39 is 10.0 Å². The number of nitrogens with zero attached hydrogens (tertiary/aromatic N) is 2. The number of H-pyrrole nitrogens is 1. The fraction of sp³-hybridized carbons (Fsp3) is 0.333. The minimum absolute atomic E-state index is 0.0442. The number of aromatic nitrogens is 3. The SMILES string of the molecule is Cc1noc(CNS(=O)(=O)c2c[nH]c(CO)c2)n1. The number of aryl methyl sites for hydroxylation is 1. The molecule has 2 aromatic heterocycles. The van der Waals surface area contributed by atoms with Gasteiger partial charge in [0.1, 0.15) is 0 Å². The molecule has 98 valence electrons. The summed E-state index contributed by atoms with van der Waals surface area (Å²) >= 11 is 0. The fourth-order valence-corrected chi connectivity index (χ4v) is 2.31. The molecule has 0 amide bonds. The molecule has 18 heavy (non-hydrogen) atoms. The minimum atomic E-state index is -3.66. The van der Waals surface area contributed by atoms with Crippen molar-refractivity contribution < 1.29 is 18.0 Å². The van der Waals surface area contributed by atoms with E-state index >= 15 is 0 Å². The van der Waals surface area contributed by atoms with Gasteiger partial charge in [-0.15, -0.1) is 0 Å². The van der Waals surface area contributed by atoms with Gasteiger partial charge in [-0.25, -0.2) is 13.1 Å². The molecule has 2 heterocycles. The zero-order valence-corrected chi connectivity index (χ0v) is 10.4. The topological polar surface area (TPSA) is 121 Å². The van der Waals surface area contributed by atoms with Crippen molar-refractivity contribution in [3.63, 3.8) is 0 Å². The summed E-state index contributed by atoms with van der Waals surface area (Å²) in [5.74, 6) is 0.627. The lowest BCUT2D eigenvalue weighted by molar-refractivity contribution is 0.277. The quantitative estimate of drug-likeness (QED) is 0.685. The van der Waals surface area contributed by atoms with Gasteiger partial charge in [0, 0.05) is 11.9 Å². The highest BCUT2D eigenvalue weighted by Gasteiger charge is 2.17. The van der Waals surface area contributed by atoms with E-state index in [9.17, 15) is 8.42 Å². The van der Waals surface area contributed by atoms with E-state index in [1.165, 1.54) is 12.3 Å². The molecule has 0 bridgehead atoms.